The third-order valence-electron chi connectivity index (χ3n) is 2.61. The standard InChI is InChI=1S/C14H8BrNO2/c15-10-5-3-9(4-6-10)13-8-11(17)14-12(18-13)2-1-7-16-14/h1-8H. The number of rotatable bonds is 1. The van der Waals surface area contributed by atoms with Gasteiger partial charge in [-0.1, -0.05) is 28.1 Å². The summed E-state index contributed by atoms with van der Waals surface area (Å²) in [7, 11) is 0. The van der Waals surface area contributed by atoms with Gasteiger partial charge in [-0.15, -0.1) is 0 Å². The summed E-state index contributed by atoms with van der Waals surface area (Å²) in [6, 6.07) is 12.6. The van der Waals surface area contributed by atoms with Crippen LogP contribution in [0.3, 0.4) is 0 Å². The van der Waals surface area contributed by atoms with E-state index in [9.17, 15) is 4.79 Å². The molecule has 4 heteroatoms. The molecule has 0 bridgehead atoms. The lowest BCUT2D eigenvalue weighted by molar-refractivity contribution is 0.617. The zero-order chi connectivity index (χ0) is 12.5. The molecule has 0 spiro atoms. The first-order valence-electron chi connectivity index (χ1n) is 5.39. The number of pyridine rings is 1. The maximum atomic E-state index is 11.9. The summed E-state index contributed by atoms with van der Waals surface area (Å²) in [6.45, 7) is 0. The fraction of sp³-hybridized carbons (Fsp3) is 0. The highest BCUT2D eigenvalue weighted by Crippen LogP contribution is 2.22. The minimum absolute atomic E-state index is 0.130. The second kappa shape index (κ2) is 4.38. The SMILES string of the molecule is O=c1cc(-c2ccc(Br)cc2)oc2cccnc12. The van der Waals surface area contributed by atoms with Gasteiger partial charge in [0.05, 0.1) is 0 Å². The van der Waals surface area contributed by atoms with E-state index in [1.54, 1.807) is 18.3 Å². The fourth-order valence-electron chi connectivity index (χ4n) is 1.75. The lowest BCUT2D eigenvalue weighted by Crippen LogP contribution is -2.01. The van der Waals surface area contributed by atoms with Crippen LogP contribution in [0.1, 0.15) is 0 Å². The third kappa shape index (κ3) is 1.95. The summed E-state index contributed by atoms with van der Waals surface area (Å²) in [4.78, 5) is 15.9. The summed E-state index contributed by atoms with van der Waals surface area (Å²) in [5, 5.41) is 0. The molecule has 0 aliphatic carbocycles. The molecule has 0 fully saturated rings. The Balaban J connectivity index is 2.24. The summed E-state index contributed by atoms with van der Waals surface area (Å²) < 4.78 is 6.67. The van der Waals surface area contributed by atoms with Crippen molar-refractivity contribution in [1.29, 1.82) is 0 Å². The molecule has 88 valence electrons. The van der Waals surface area contributed by atoms with Crippen molar-refractivity contribution >= 4 is 27.0 Å². The Labute approximate surface area is 111 Å². The molecule has 0 amide bonds. The molecule has 1 aromatic carbocycles. The van der Waals surface area contributed by atoms with Crippen LogP contribution in [0.4, 0.5) is 0 Å². The maximum absolute atomic E-state index is 11.9. The summed E-state index contributed by atoms with van der Waals surface area (Å²) in [6.07, 6.45) is 1.58. The van der Waals surface area contributed by atoms with Crippen molar-refractivity contribution in [3.8, 4) is 11.3 Å². The fourth-order valence-corrected chi connectivity index (χ4v) is 2.01. The Morgan fingerprint density at radius 1 is 1.11 bits per heavy atom. The molecule has 0 saturated carbocycles. The predicted octanol–water partition coefficient (Wildman–Crippen LogP) is 3.62. The normalized spacial score (nSPS) is 10.7. The average molecular weight is 302 g/mol. The maximum Gasteiger partial charge on any atom is 0.211 e. The van der Waals surface area contributed by atoms with Crippen molar-refractivity contribution in [2.75, 3.05) is 0 Å². The smallest absolute Gasteiger partial charge is 0.211 e. The molecular weight excluding hydrogens is 294 g/mol. The van der Waals surface area contributed by atoms with E-state index in [0.717, 1.165) is 10.0 Å². The van der Waals surface area contributed by atoms with Crippen LogP contribution in [0, 0.1) is 0 Å². The third-order valence-corrected chi connectivity index (χ3v) is 3.14. The van der Waals surface area contributed by atoms with Gasteiger partial charge in [-0.25, -0.2) is 4.98 Å². The van der Waals surface area contributed by atoms with E-state index in [0.29, 0.717) is 16.9 Å². The number of hydrogen-bond donors (Lipinski definition) is 0. The number of nitrogens with zero attached hydrogens (tertiary/aromatic N) is 1. The van der Waals surface area contributed by atoms with Crippen molar-refractivity contribution in [1.82, 2.24) is 4.98 Å². The highest BCUT2D eigenvalue weighted by molar-refractivity contribution is 9.10. The average Bonchev–Trinajstić information content (AvgIpc) is 2.39. The topological polar surface area (TPSA) is 43.1 Å². The zero-order valence-electron chi connectivity index (χ0n) is 9.26. The Morgan fingerprint density at radius 2 is 1.89 bits per heavy atom. The molecule has 0 saturated heterocycles. The van der Waals surface area contributed by atoms with Crippen molar-refractivity contribution in [2.45, 2.75) is 0 Å². The minimum atomic E-state index is -0.130. The van der Waals surface area contributed by atoms with E-state index in [2.05, 4.69) is 20.9 Å². The largest absolute Gasteiger partial charge is 0.454 e. The first-order valence-corrected chi connectivity index (χ1v) is 6.18. The second-order valence-corrected chi connectivity index (χ2v) is 4.75. The van der Waals surface area contributed by atoms with E-state index in [4.69, 9.17) is 4.42 Å². The number of fused-ring (bicyclic) bond motifs is 1. The Kier molecular flexibility index (Phi) is 2.72. The molecule has 0 atom stereocenters. The van der Waals surface area contributed by atoms with E-state index >= 15 is 0 Å². The lowest BCUT2D eigenvalue weighted by Gasteiger charge is -2.02. The molecule has 0 aliphatic rings. The number of benzene rings is 1. The Bertz CT molecular complexity index is 763. The number of hydrogen-bond acceptors (Lipinski definition) is 3. The van der Waals surface area contributed by atoms with Crippen LogP contribution in [-0.4, -0.2) is 4.98 Å². The Morgan fingerprint density at radius 3 is 2.67 bits per heavy atom. The molecule has 3 rings (SSSR count). The zero-order valence-corrected chi connectivity index (χ0v) is 10.8. The molecule has 0 unspecified atom stereocenters. The van der Waals surface area contributed by atoms with Gasteiger partial charge in [0.15, 0.2) is 11.1 Å². The van der Waals surface area contributed by atoms with Gasteiger partial charge in [0.25, 0.3) is 0 Å². The van der Waals surface area contributed by atoms with Crippen molar-refractivity contribution in [3.63, 3.8) is 0 Å². The van der Waals surface area contributed by atoms with Crippen molar-refractivity contribution < 1.29 is 4.42 Å². The van der Waals surface area contributed by atoms with Crippen LogP contribution in [-0.2, 0) is 0 Å². The first kappa shape index (κ1) is 11.2. The van der Waals surface area contributed by atoms with Gasteiger partial charge in [0, 0.05) is 22.3 Å². The molecule has 3 aromatic rings. The lowest BCUT2D eigenvalue weighted by atomic mass is 10.1. The minimum Gasteiger partial charge on any atom is -0.454 e. The van der Waals surface area contributed by atoms with Gasteiger partial charge in [-0.3, -0.25) is 4.79 Å². The molecule has 0 N–H and O–H groups in total. The van der Waals surface area contributed by atoms with Gasteiger partial charge < -0.3 is 4.42 Å². The van der Waals surface area contributed by atoms with E-state index < -0.39 is 0 Å². The molecule has 0 radical (unpaired) electrons. The van der Waals surface area contributed by atoms with E-state index in [1.165, 1.54) is 6.07 Å². The molecule has 2 aromatic heterocycles. The number of aromatic nitrogens is 1. The van der Waals surface area contributed by atoms with Crippen molar-refractivity contribution in [3.05, 3.63) is 63.4 Å². The van der Waals surface area contributed by atoms with Crippen LogP contribution in [0.15, 0.2) is 62.3 Å². The van der Waals surface area contributed by atoms with Crippen molar-refractivity contribution in [2.24, 2.45) is 0 Å². The molecule has 3 nitrogen and oxygen atoms in total. The summed E-state index contributed by atoms with van der Waals surface area (Å²) in [5.41, 5.74) is 1.59. The molecule has 0 aliphatic heterocycles. The summed E-state index contributed by atoms with van der Waals surface area (Å²) >= 11 is 3.37. The van der Waals surface area contributed by atoms with Crippen LogP contribution in [0.5, 0.6) is 0 Å². The predicted molar refractivity (Wildman–Crippen MR) is 73.4 cm³/mol. The quantitative estimate of drug-likeness (QED) is 0.689. The van der Waals surface area contributed by atoms with Gasteiger partial charge >= 0.3 is 0 Å². The van der Waals surface area contributed by atoms with E-state index in [1.807, 2.05) is 24.3 Å². The molecule has 2 heterocycles. The van der Waals surface area contributed by atoms with Gasteiger partial charge in [0.1, 0.15) is 5.76 Å². The van der Waals surface area contributed by atoms with Crippen LogP contribution in [0.25, 0.3) is 22.4 Å². The van der Waals surface area contributed by atoms with Gasteiger partial charge in [0.2, 0.25) is 5.43 Å². The van der Waals surface area contributed by atoms with Crippen LogP contribution in [0.2, 0.25) is 0 Å². The van der Waals surface area contributed by atoms with E-state index in [-0.39, 0.29) is 5.43 Å². The molecule has 18 heavy (non-hydrogen) atoms. The Hall–Kier alpha value is -1.94. The van der Waals surface area contributed by atoms with Crippen LogP contribution < -0.4 is 5.43 Å². The van der Waals surface area contributed by atoms with Crippen LogP contribution >= 0.6 is 15.9 Å². The second-order valence-electron chi connectivity index (χ2n) is 3.83. The summed E-state index contributed by atoms with van der Waals surface area (Å²) in [5.74, 6) is 0.549. The first-order chi connectivity index (χ1) is 8.74. The molecular formula is C14H8BrNO2. The van der Waals surface area contributed by atoms with Gasteiger partial charge in [-0.05, 0) is 24.3 Å². The highest BCUT2D eigenvalue weighted by atomic mass is 79.9. The van der Waals surface area contributed by atoms with Gasteiger partial charge in [-0.2, -0.15) is 0 Å². The monoisotopic (exact) mass is 301 g/mol. The highest BCUT2D eigenvalue weighted by Gasteiger charge is 2.06. The number of halogens is 1.